The molecule has 0 spiro atoms. The predicted molar refractivity (Wildman–Crippen MR) is 76.6 cm³/mol. The minimum Gasteiger partial charge on any atom is -0.349 e. The molecule has 0 bridgehead atoms. The Bertz CT molecular complexity index is 436. The number of carbonyl (C=O) groups is 1. The largest absolute Gasteiger partial charge is 0.349 e. The van der Waals surface area contributed by atoms with Gasteiger partial charge in [0.2, 0.25) is 0 Å². The Kier molecular flexibility index (Phi) is 6.04. The standard InChI is InChI=1S/C13H16ClFN2O.ClH/c1-8-7-9(5-6-16-8)17-13(18)12-10(14)3-2-4-11(12)15;/h2-4,8-9,16H,5-7H2,1H3,(H,17,18);1H. The van der Waals surface area contributed by atoms with Crippen LogP contribution in [0.15, 0.2) is 18.2 Å². The molecule has 2 atom stereocenters. The Labute approximate surface area is 123 Å². The second kappa shape index (κ2) is 7.08. The van der Waals surface area contributed by atoms with Crippen LogP contribution in [0.25, 0.3) is 0 Å². The summed E-state index contributed by atoms with van der Waals surface area (Å²) in [6.45, 7) is 2.92. The monoisotopic (exact) mass is 306 g/mol. The molecule has 1 aromatic carbocycles. The Morgan fingerprint density at radius 3 is 2.89 bits per heavy atom. The zero-order chi connectivity index (χ0) is 13.1. The highest BCUT2D eigenvalue weighted by atomic mass is 35.5. The van der Waals surface area contributed by atoms with Crippen molar-refractivity contribution in [2.75, 3.05) is 6.54 Å². The Balaban J connectivity index is 0.00000180. The van der Waals surface area contributed by atoms with Crippen LogP contribution in [-0.4, -0.2) is 24.5 Å². The zero-order valence-corrected chi connectivity index (χ0v) is 12.2. The van der Waals surface area contributed by atoms with Crippen LogP contribution in [-0.2, 0) is 0 Å². The van der Waals surface area contributed by atoms with Crippen LogP contribution in [0, 0.1) is 5.82 Å². The Morgan fingerprint density at radius 2 is 2.26 bits per heavy atom. The van der Waals surface area contributed by atoms with E-state index in [1.807, 2.05) is 0 Å². The lowest BCUT2D eigenvalue weighted by Gasteiger charge is -2.28. The maximum atomic E-state index is 13.6. The number of benzene rings is 1. The molecule has 2 rings (SSSR count). The van der Waals surface area contributed by atoms with Gasteiger partial charge in [0.1, 0.15) is 5.82 Å². The van der Waals surface area contributed by atoms with Crippen molar-refractivity contribution in [2.45, 2.75) is 31.8 Å². The molecule has 1 fully saturated rings. The molecule has 0 radical (unpaired) electrons. The molecule has 1 aliphatic rings. The average molecular weight is 307 g/mol. The summed E-state index contributed by atoms with van der Waals surface area (Å²) in [5.41, 5.74) is -0.0645. The zero-order valence-electron chi connectivity index (χ0n) is 10.6. The molecule has 1 saturated heterocycles. The maximum absolute atomic E-state index is 13.6. The lowest BCUT2D eigenvalue weighted by atomic mass is 10.00. The van der Waals surface area contributed by atoms with Crippen LogP contribution in [0.2, 0.25) is 5.02 Å². The number of carbonyl (C=O) groups excluding carboxylic acids is 1. The fraction of sp³-hybridized carbons (Fsp3) is 0.462. The van der Waals surface area contributed by atoms with Crippen molar-refractivity contribution in [1.29, 1.82) is 0 Å². The van der Waals surface area contributed by atoms with Crippen LogP contribution in [0.1, 0.15) is 30.1 Å². The fourth-order valence-electron chi connectivity index (χ4n) is 2.24. The van der Waals surface area contributed by atoms with Crippen molar-refractivity contribution in [1.82, 2.24) is 10.6 Å². The lowest BCUT2D eigenvalue weighted by Crippen LogP contribution is -2.46. The van der Waals surface area contributed by atoms with Crippen molar-refractivity contribution in [3.8, 4) is 0 Å². The summed E-state index contributed by atoms with van der Waals surface area (Å²) in [5, 5.41) is 6.29. The predicted octanol–water partition coefficient (Wildman–Crippen LogP) is 2.77. The lowest BCUT2D eigenvalue weighted by molar-refractivity contribution is 0.0922. The van der Waals surface area contributed by atoms with Crippen molar-refractivity contribution < 1.29 is 9.18 Å². The molecule has 1 heterocycles. The van der Waals surface area contributed by atoms with Gasteiger partial charge in [-0.1, -0.05) is 17.7 Å². The normalized spacial score (nSPS) is 22.5. The summed E-state index contributed by atoms with van der Waals surface area (Å²) in [5.74, 6) is -1.01. The minimum absolute atomic E-state index is 0. The van der Waals surface area contributed by atoms with Gasteiger partial charge in [0.05, 0.1) is 10.6 Å². The maximum Gasteiger partial charge on any atom is 0.255 e. The van der Waals surface area contributed by atoms with E-state index in [2.05, 4.69) is 17.6 Å². The molecule has 0 aliphatic carbocycles. The molecule has 1 aliphatic heterocycles. The van der Waals surface area contributed by atoms with E-state index in [9.17, 15) is 9.18 Å². The molecule has 0 aromatic heterocycles. The number of halogens is 3. The van der Waals surface area contributed by atoms with Crippen LogP contribution in [0.4, 0.5) is 4.39 Å². The van der Waals surface area contributed by atoms with Crippen molar-refractivity contribution in [3.63, 3.8) is 0 Å². The van der Waals surface area contributed by atoms with E-state index in [1.165, 1.54) is 18.2 Å². The molecule has 106 valence electrons. The summed E-state index contributed by atoms with van der Waals surface area (Å²) in [6.07, 6.45) is 1.69. The smallest absolute Gasteiger partial charge is 0.255 e. The van der Waals surface area contributed by atoms with Crippen molar-refractivity contribution in [2.24, 2.45) is 0 Å². The highest BCUT2D eigenvalue weighted by molar-refractivity contribution is 6.33. The van der Waals surface area contributed by atoms with Crippen LogP contribution < -0.4 is 10.6 Å². The number of nitrogens with one attached hydrogen (secondary N) is 2. The SMILES string of the molecule is CC1CC(NC(=O)c2c(F)cccc2Cl)CCN1.Cl. The van der Waals surface area contributed by atoms with Gasteiger partial charge in [0.15, 0.2) is 0 Å². The summed E-state index contributed by atoms with van der Waals surface area (Å²) in [4.78, 5) is 12.0. The molecule has 19 heavy (non-hydrogen) atoms. The third kappa shape index (κ3) is 4.06. The second-order valence-electron chi connectivity index (χ2n) is 4.65. The van der Waals surface area contributed by atoms with Crippen LogP contribution in [0.5, 0.6) is 0 Å². The van der Waals surface area contributed by atoms with E-state index in [4.69, 9.17) is 11.6 Å². The first kappa shape index (κ1) is 16.2. The number of rotatable bonds is 2. The molecule has 0 saturated carbocycles. The quantitative estimate of drug-likeness (QED) is 0.882. The van der Waals surface area contributed by atoms with E-state index in [0.717, 1.165) is 19.4 Å². The molecule has 6 heteroatoms. The average Bonchev–Trinajstić information content (AvgIpc) is 2.28. The number of piperidine rings is 1. The topological polar surface area (TPSA) is 41.1 Å². The van der Waals surface area contributed by atoms with Gasteiger partial charge in [-0.15, -0.1) is 12.4 Å². The highest BCUT2D eigenvalue weighted by Gasteiger charge is 2.23. The molecule has 1 amide bonds. The first-order chi connectivity index (χ1) is 8.58. The van der Waals surface area contributed by atoms with E-state index >= 15 is 0 Å². The third-order valence-corrected chi connectivity index (χ3v) is 3.46. The van der Waals surface area contributed by atoms with Gasteiger partial charge in [-0.05, 0) is 38.4 Å². The summed E-state index contributed by atoms with van der Waals surface area (Å²) < 4.78 is 13.6. The van der Waals surface area contributed by atoms with Crippen molar-refractivity contribution >= 4 is 29.9 Å². The van der Waals surface area contributed by atoms with Crippen LogP contribution >= 0.6 is 24.0 Å². The Hall–Kier alpha value is -0.840. The molecule has 1 aromatic rings. The first-order valence-electron chi connectivity index (χ1n) is 6.06. The minimum atomic E-state index is -0.581. The fourth-order valence-corrected chi connectivity index (χ4v) is 2.48. The van der Waals surface area contributed by atoms with Gasteiger partial charge in [0, 0.05) is 12.1 Å². The van der Waals surface area contributed by atoms with Crippen LogP contribution in [0.3, 0.4) is 0 Å². The third-order valence-electron chi connectivity index (χ3n) is 3.15. The number of amides is 1. The van der Waals surface area contributed by atoms with Gasteiger partial charge in [-0.2, -0.15) is 0 Å². The van der Waals surface area contributed by atoms with Gasteiger partial charge in [0.25, 0.3) is 5.91 Å². The molecule has 3 nitrogen and oxygen atoms in total. The second-order valence-corrected chi connectivity index (χ2v) is 5.05. The number of hydrogen-bond acceptors (Lipinski definition) is 2. The van der Waals surface area contributed by atoms with E-state index in [0.29, 0.717) is 6.04 Å². The summed E-state index contributed by atoms with van der Waals surface area (Å²) in [7, 11) is 0. The van der Waals surface area contributed by atoms with Gasteiger partial charge in [-0.25, -0.2) is 4.39 Å². The van der Waals surface area contributed by atoms with Crippen molar-refractivity contribution in [3.05, 3.63) is 34.6 Å². The van der Waals surface area contributed by atoms with E-state index < -0.39 is 11.7 Å². The first-order valence-corrected chi connectivity index (χ1v) is 6.44. The summed E-state index contributed by atoms with van der Waals surface area (Å²) >= 11 is 5.86. The highest BCUT2D eigenvalue weighted by Crippen LogP contribution is 2.19. The molecule has 2 N–H and O–H groups in total. The van der Waals surface area contributed by atoms with E-state index in [1.54, 1.807) is 0 Å². The molecule has 2 unspecified atom stereocenters. The van der Waals surface area contributed by atoms with Gasteiger partial charge < -0.3 is 10.6 Å². The van der Waals surface area contributed by atoms with Gasteiger partial charge in [-0.3, -0.25) is 4.79 Å². The number of hydrogen-bond donors (Lipinski definition) is 2. The van der Waals surface area contributed by atoms with Gasteiger partial charge >= 0.3 is 0 Å². The Morgan fingerprint density at radius 1 is 1.53 bits per heavy atom. The van der Waals surface area contributed by atoms with E-state index in [-0.39, 0.29) is 29.0 Å². The summed E-state index contributed by atoms with van der Waals surface area (Å²) in [6, 6.07) is 4.68. The molecular formula is C13H17Cl2FN2O. The molecular weight excluding hydrogens is 290 g/mol.